The smallest absolute Gasteiger partial charge is 1.00 e. The van der Waals surface area contributed by atoms with Gasteiger partial charge in [0.05, 0.1) is 0 Å². The van der Waals surface area contributed by atoms with Crippen molar-refractivity contribution in [2.24, 2.45) is 5.92 Å². The van der Waals surface area contributed by atoms with Crippen molar-refractivity contribution in [1.82, 2.24) is 0 Å². The third-order valence-corrected chi connectivity index (χ3v) is 8.21. The molecule has 144 valence electrons. The Bertz CT molecular complexity index is 701. The molecule has 0 nitrogen and oxygen atoms in total. The van der Waals surface area contributed by atoms with Crippen molar-refractivity contribution in [3.05, 3.63) is 60.7 Å². The number of allylic oxidation sites excluding steroid dienone is 4. The molecule has 1 saturated carbocycles. The van der Waals surface area contributed by atoms with Crippen LogP contribution in [0.5, 0.6) is 0 Å². The standard InChI is InChI=1S/C22H27Si.3ClH.Ti/c1-3-9-18(10-4-1)17-22(13-7-2-8-14-22)23-21-15-19-11-5-6-12-20(19)16-21;;;;/h2,5-8,11-13,15-16,18H,1,3-4,9-10,14,17,23H2;3*1H;/q-1;;;;+4/p-3. The van der Waals surface area contributed by atoms with Gasteiger partial charge in [-0.2, -0.15) is 16.6 Å². The van der Waals surface area contributed by atoms with E-state index in [1.165, 1.54) is 55.7 Å². The van der Waals surface area contributed by atoms with E-state index in [4.69, 9.17) is 0 Å². The third-order valence-electron chi connectivity index (χ3n) is 5.88. The molecule has 0 radical (unpaired) electrons. The van der Waals surface area contributed by atoms with E-state index in [0.717, 1.165) is 5.92 Å². The van der Waals surface area contributed by atoms with Crippen molar-refractivity contribution in [3.8, 4) is 0 Å². The molecule has 2 aliphatic rings. The molecule has 5 heteroatoms. The van der Waals surface area contributed by atoms with E-state index in [0.29, 0.717) is 5.04 Å². The molecule has 0 aromatic heterocycles. The van der Waals surface area contributed by atoms with Gasteiger partial charge < -0.3 is 37.2 Å². The van der Waals surface area contributed by atoms with Gasteiger partial charge in [0.15, 0.2) is 0 Å². The van der Waals surface area contributed by atoms with Gasteiger partial charge in [0.25, 0.3) is 0 Å². The minimum absolute atomic E-state index is 0. The van der Waals surface area contributed by atoms with Crippen LogP contribution < -0.4 is 42.4 Å². The summed E-state index contributed by atoms with van der Waals surface area (Å²) in [4.78, 5) is 0. The number of benzene rings is 1. The summed E-state index contributed by atoms with van der Waals surface area (Å²) < 4.78 is 0. The monoisotopic (exact) mass is 472 g/mol. The number of halogens is 3. The zero-order valence-electron chi connectivity index (χ0n) is 15.6. The first-order valence-electron chi connectivity index (χ1n) is 9.32. The summed E-state index contributed by atoms with van der Waals surface area (Å²) in [7, 11) is -0.306. The Morgan fingerprint density at radius 3 is 2.41 bits per heavy atom. The maximum absolute atomic E-state index is 2.57. The van der Waals surface area contributed by atoms with Crippen LogP contribution in [0.4, 0.5) is 0 Å². The van der Waals surface area contributed by atoms with Gasteiger partial charge in [-0.1, -0.05) is 62.5 Å². The van der Waals surface area contributed by atoms with E-state index in [-0.39, 0.29) is 68.5 Å². The molecule has 27 heavy (non-hydrogen) atoms. The minimum atomic E-state index is -0.306. The maximum atomic E-state index is 2.57. The van der Waals surface area contributed by atoms with Crippen LogP contribution in [-0.2, 0) is 21.7 Å². The van der Waals surface area contributed by atoms with Crippen LogP contribution >= 0.6 is 0 Å². The molecular formula is C22H27Cl3SiTi. The number of fused-ring (bicyclic) bond motifs is 1. The van der Waals surface area contributed by atoms with E-state index in [2.05, 4.69) is 60.7 Å². The summed E-state index contributed by atoms with van der Waals surface area (Å²) in [5.74, 6) is 0.969. The van der Waals surface area contributed by atoms with Gasteiger partial charge in [-0.15, -0.1) is 29.7 Å². The van der Waals surface area contributed by atoms with Crippen LogP contribution in [0.15, 0.2) is 60.7 Å². The first-order chi connectivity index (χ1) is 11.3. The van der Waals surface area contributed by atoms with Gasteiger partial charge in [0, 0.05) is 9.52 Å². The summed E-state index contributed by atoms with van der Waals surface area (Å²) >= 11 is 0. The van der Waals surface area contributed by atoms with Gasteiger partial charge in [0.1, 0.15) is 0 Å². The molecule has 4 rings (SSSR count). The zero-order chi connectivity index (χ0) is 15.5. The summed E-state index contributed by atoms with van der Waals surface area (Å²) in [5, 5.41) is 5.00. The molecule has 0 amide bonds. The van der Waals surface area contributed by atoms with Gasteiger partial charge in [-0.3, -0.25) is 0 Å². The average Bonchev–Trinajstić information content (AvgIpc) is 2.98. The molecule has 1 atom stereocenters. The summed E-state index contributed by atoms with van der Waals surface area (Å²) in [6, 6.07) is 13.8. The van der Waals surface area contributed by atoms with Crippen LogP contribution in [-0.4, -0.2) is 9.52 Å². The van der Waals surface area contributed by atoms with Gasteiger partial charge in [-0.05, 0) is 23.8 Å². The minimum Gasteiger partial charge on any atom is -1.00 e. The maximum Gasteiger partial charge on any atom is 4.00 e. The van der Waals surface area contributed by atoms with E-state index in [1.807, 2.05) is 0 Å². The fourth-order valence-corrected chi connectivity index (χ4v) is 7.33. The summed E-state index contributed by atoms with van der Waals surface area (Å²) in [5.41, 5.74) is 0. The third kappa shape index (κ3) is 6.84. The fraction of sp³-hybridized carbons (Fsp3) is 0.409. The number of hydrogen-bond acceptors (Lipinski definition) is 0. The van der Waals surface area contributed by atoms with Crippen molar-refractivity contribution in [2.45, 2.75) is 50.0 Å². The first-order valence-corrected chi connectivity index (χ1v) is 10.7. The topological polar surface area (TPSA) is 0 Å². The molecule has 0 heterocycles. The fourth-order valence-electron chi connectivity index (χ4n) is 4.75. The molecule has 2 aromatic carbocycles. The first kappa shape index (κ1) is 27.1. The second kappa shape index (κ2) is 12.6. The second-order valence-electron chi connectivity index (χ2n) is 7.73. The Labute approximate surface area is 199 Å². The number of hydrogen-bond donors (Lipinski definition) is 0. The van der Waals surface area contributed by atoms with E-state index >= 15 is 0 Å². The van der Waals surface area contributed by atoms with Gasteiger partial charge in [0.2, 0.25) is 0 Å². The Hall–Kier alpha value is 0.111. The van der Waals surface area contributed by atoms with Crippen LogP contribution in [0.3, 0.4) is 0 Å². The number of rotatable bonds is 4. The van der Waals surface area contributed by atoms with Crippen LogP contribution in [0.2, 0.25) is 5.04 Å². The largest absolute Gasteiger partial charge is 4.00 e. The van der Waals surface area contributed by atoms with Crippen molar-refractivity contribution in [1.29, 1.82) is 0 Å². The van der Waals surface area contributed by atoms with Crippen LogP contribution in [0.1, 0.15) is 44.9 Å². The molecule has 0 spiro atoms. The molecule has 0 saturated heterocycles. The molecule has 1 unspecified atom stereocenters. The quantitative estimate of drug-likeness (QED) is 0.314. The van der Waals surface area contributed by atoms with Crippen molar-refractivity contribution < 1.29 is 58.9 Å². The summed E-state index contributed by atoms with van der Waals surface area (Å²) in [6.07, 6.45) is 19.6. The molecule has 0 aliphatic heterocycles. The van der Waals surface area contributed by atoms with E-state index < -0.39 is 0 Å². The van der Waals surface area contributed by atoms with Gasteiger partial charge >= 0.3 is 21.7 Å². The van der Waals surface area contributed by atoms with Gasteiger partial charge in [-0.25, -0.2) is 0 Å². The molecule has 0 bridgehead atoms. The average molecular weight is 474 g/mol. The predicted octanol–water partition coefficient (Wildman–Crippen LogP) is -3.99. The normalized spacial score (nSPS) is 21.9. The molecular weight excluding hydrogens is 447 g/mol. The predicted molar refractivity (Wildman–Crippen MR) is 105 cm³/mol. The molecule has 2 aliphatic carbocycles. The Morgan fingerprint density at radius 1 is 1.00 bits per heavy atom. The Morgan fingerprint density at radius 2 is 1.74 bits per heavy atom. The Kier molecular flexibility index (Phi) is 12.7. The molecule has 2 aromatic rings. The van der Waals surface area contributed by atoms with E-state index in [1.54, 1.807) is 5.19 Å². The molecule has 1 fully saturated rings. The van der Waals surface area contributed by atoms with Crippen molar-refractivity contribution in [2.75, 3.05) is 0 Å². The second-order valence-corrected chi connectivity index (χ2v) is 10.3. The van der Waals surface area contributed by atoms with Crippen molar-refractivity contribution >= 4 is 25.5 Å². The SMILES string of the molecule is C1=CCC(CC2CCCCC2)([SiH2]c2cc3ccccc3[cH-]2)C=C1.[Cl-].[Cl-].[Cl-].[Ti+4]. The van der Waals surface area contributed by atoms with Crippen LogP contribution in [0.25, 0.3) is 10.8 Å². The zero-order valence-corrected chi connectivity index (χ0v) is 20.9. The summed E-state index contributed by atoms with van der Waals surface area (Å²) in [6.45, 7) is 0. The Balaban J connectivity index is 0.00000169. The molecule has 0 N–H and O–H groups in total. The van der Waals surface area contributed by atoms with E-state index in [9.17, 15) is 0 Å². The van der Waals surface area contributed by atoms with Crippen LogP contribution in [0, 0.1) is 5.92 Å². The van der Waals surface area contributed by atoms with Crippen molar-refractivity contribution in [3.63, 3.8) is 0 Å².